The Morgan fingerprint density at radius 2 is 2.29 bits per heavy atom. The van der Waals surface area contributed by atoms with Gasteiger partial charge in [0.15, 0.2) is 0 Å². The maximum absolute atomic E-state index is 9.75. The second-order valence-electron chi connectivity index (χ2n) is 0.818. The Balaban J connectivity index is 2.68. The highest BCUT2D eigenvalue weighted by Crippen LogP contribution is 1.70. The number of nitrogens with zero attached hydrogens (tertiary/aromatic N) is 1. The quantitative estimate of drug-likeness (QED) is 0.488. The summed E-state index contributed by atoms with van der Waals surface area (Å²) in [7, 11) is 2.52. The molecule has 0 heterocycles. The first-order chi connectivity index (χ1) is 3.27. The Bertz CT molecular complexity index is 39.9. The maximum Gasteiger partial charge on any atom is 0.0599 e. The van der Waals surface area contributed by atoms with E-state index in [1.165, 1.54) is 14.2 Å². The zero-order valence-electron chi connectivity index (χ0n) is 4.17. The van der Waals surface area contributed by atoms with E-state index < -0.39 is 0 Å². The number of hydrogen-bond acceptors (Lipinski definition) is 5. The zero-order valence-corrected chi connectivity index (χ0v) is 4.17. The van der Waals surface area contributed by atoms with Crippen LogP contribution in [0, 0.1) is 5.21 Å². The molecule has 0 spiro atoms. The summed E-state index contributed by atoms with van der Waals surface area (Å²) in [5.74, 6) is 0. The van der Waals surface area contributed by atoms with Crippen molar-refractivity contribution < 1.29 is 9.78 Å². The fourth-order valence-electron chi connectivity index (χ4n) is 0.0898. The molecule has 0 aromatic heterocycles. The van der Waals surface area contributed by atoms with E-state index in [1.807, 2.05) is 5.64 Å². The standard InChI is InChI=1S/C2H7N2O3/c1-4(5)7-3-6-2/h3H,1-2H3/q-1. The van der Waals surface area contributed by atoms with Crippen LogP contribution >= 0.6 is 0 Å². The monoisotopic (exact) mass is 107 g/mol. The average Bonchev–Trinajstić information content (AvgIpc) is 1.61. The molecule has 5 nitrogen and oxygen atoms in total. The van der Waals surface area contributed by atoms with Crippen LogP contribution in [0.15, 0.2) is 0 Å². The Morgan fingerprint density at radius 3 is 2.43 bits per heavy atom. The van der Waals surface area contributed by atoms with E-state index in [2.05, 4.69) is 9.78 Å². The van der Waals surface area contributed by atoms with Crippen molar-refractivity contribution in [1.82, 2.24) is 10.9 Å². The van der Waals surface area contributed by atoms with E-state index in [0.717, 1.165) is 0 Å². The van der Waals surface area contributed by atoms with Gasteiger partial charge in [0.05, 0.1) is 7.11 Å². The molecule has 0 aliphatic rings. The molecule has 0 bridgehead atoms. The van der Waals surface area contributed by atoms with Crippen LogP contribution in [0.5, 0.6) is 0 Å². The highest BCUT2D eigenvalue weighted by molar-refractivity contribution is 4.18. The largest absolute Gasteiger partial charge is 0.761 e. The van der Waals surface area contributed by atoms with Crippen LogP contribution in [0.2, 0.25) is 0 Å². The van der Waals surface area contributed by atoms with Gasteiger partial charge in [-0.2, -0.15) is 4.94 Å². The smallest absolute Gasteiger partial charge is 0.0599 e. The first kappa shape index (κ1) is 6.80. The molecule has 0 aliphatic carbocycles. The van der Waals surface area contributed by atoms with E-state index >= 15 is 0 Å². The van der Waals surface area contributed by atoms with Crippen molar-refractivity contribution in [2.45, 2.75) is 0 Å². The predicted octanol–water partition coefficient (Wildman–Crippen LogP) is -0.586. The molecule has 0 radical (unpaired) electrons. The second kappa shape index (κ2) is 3.97. The Kier molecular flexibility index (Phi) is 3.86. The van der Waals surface area contributed by atoms with Crippen molar-refractivity contribution in [3.8, 4) is 0 Å². The molecule has 0 fully saturated rings. The van der Waals surface area contributed by atoms with Gasteiger partial charge in [0.1, 0.15) is 0 Å². The minimum Gasteiger partial charge on any atom is -0.761 e. The molecule has 1 N–H and O–H groups in total. The predicted molar refractivity (Wildman–Crippen MR) is 22.4 cm³/mol. The Hall–Kier alpha value is -0.200. The highest BCUT2D eigenvalue weighted by atomic mass is 17.1. The van der Waals surface area contributed by atoms with Crippen molar-refractivity contribution >= 4 is 0 Å². The van der Waals surface area contributed by atoms with Gasteiger partial charge in [0.2, 0.25) is 0 Å². The molecular formula is C2H7N2O3-. The van der Waals surface area contributed by atoms with Crippen LogP contribution in [0.4, 0.5) is 0 Å². The van der Waals surface area contributed by atoms with Gasteiger partial charge in [0, 0.05) is 7.05 Å². The van der Waals surface area contributed by atoms with Gasteiger partial charge in [-0.05, 0) is 0 Å². The first-order valence-corrected chi connectivity index (χ1v) is 1.63. The number of hydrogen-bond donors (Lipinski definition) is 1. The molecule has 44 valence electrons. The molecule has 0 rings (SSSR count). The SMILES string of the molecule is CONON(C)[O-]. The average molecular weight is 107 g/mol. The van der Waals surface area contributed by atoms with E-state index in [4.69, 9.17) is 0 Å². The molecule has 0 aromatic carbocycles. The van der Waals surface area contributed by atoms with Gasteiger partial charge in [-0.1, -0.05) is 5.64 Å². The summed E-state index contributed by atoms with van der Waals surface area (Å²) >= 11 is 0. The fourth-order valence-corrected chi connectivity index (χ4v) is 0.0898. The molecule has 0 amide bonds. The molecule has 7 heavy (non-hydrogen) atoms. The van der Waals surface area contributed by atoms with Crippen LogP contribution in [-0.2, 0) is 9.78 Å². The molecule has 0 saturated heterocycles. The topological polar surface area (TPSA) is 56.8 Å². The van der Waals surface area contributed by atoms with Crippen molar-refractivity contribution in [2.24, 2.45) is 0 Å². The lowest BCUT2D eigenvalue weighted by Crippen LogP contribution is -2.22. The third-order valence-electron chi connectivity index (χ3n) is 0.249. The van der Waals surface area contributed by atoms with Crippen molar-refractivity contribution in [2.75, 3.05) is 14.2 Å². The van der Waals surface area contributed by atoms with Crippen LogP contribution in [0.3, 0.4) is 0 Å². The van der Waals surface area contributed by atoms with Crippen LogP contribution in [-0.4, -0.2) is 19.4 Å². The molecule has 0 aliphatic heterocycles. The minimum absolute atomic E-state index is 0.226. The molecule has 5 heteroatoms. The van der Waals surface area contributed by atoms with Gasteiger partial charge < -0.3 is 5.21 Å². The third-order valence-corrected chi connectivity index (χ3v) is 0.249. The number of nitrogens with one attached hydrogen (secondary N) is 1. The first-order valence-electron chi connectivity index (χ1n) is 1.63. The number of hydroxylamine groups is 2. The van der Waals surface area contributed by atoms with Gasteiger partial charge >= 0.3 is 0 Å². The minimum atomic E-state index is 0.226. The highest BCUT2D eigenvalue weighted by Gasteiger charge is 1.73. The van der Waals surface area contributed by atoms with Gasteiger partial charge in [-0.15, -0.1) is 0 Å². The lowest BCUT2D eigenvalue weighted by Gasteiger charge is -2.18. The Morgan fingerprint density at radius 1 is 1.71 bits per heavy atom. The zero-order chi connectivity index (χ0) is 5.70. The summed E-state index contributed by atoms with van der Waals surface area (Å²) < 4.78 is 0. The lowest BCUT2D eigenvalue weighted by molar-refractivity contribution is -0.266. The van der Waals surface area contributed by atoms with Gasteiger partial charge in [-0.3, -0.25) is 4.84 Å². The van der Waals surface area contributed by atoms with E-state index in [-0.39, 0.29) is 5.23 Å². The molecular weight excluding hydrogens is 100 g/mol. The fraction of sp³-hybridized carbons (Fsp3) is 1.00. The summed E-state index contributed by atoms with van der Waals surface area (Å²) in [5.41, 5.74) is 1.86. The van der Waals surface area contributed by atoms with Crippen LogP contribution in [0.1, 0.15) is 0 Å². The summed E-state index contributed by atoms with van der Waals surface area (Å²) in [6, 6.07) is 0. The van der Waals surface area contributed by atoms with Crippen molar-refractivity contribution in [3.63, 3.8) is 0 Å². The molecule has 0 atom stereocenters. The Labute approximate surface area is 41.3 Å². The van der Waals surface area contributed by atoms with Crippen LogP contribution in [0.25, 0.3) is 0 Å². The molecule has 0 unspecified atom stereocenters. The molecule has 0 aromatic rings. The summed E-state index contributed by atoms with van der Waals surface area (Å²) in [6.07, 6.45) is 0. The van der Waals surface area contributed by atoms with Gasteiger partial charge in [-0.25, -0.2) is 5.23 Å². The van der Waals surface area contributed by atoms with E-state index in [1.54, 1.807) is 0 Å². The van der Waals surface area contributed by atoms with E-state index in [9.17, 15) is 5.21 Å². The van der Waals surface area contributed by atoms with Crippen molar-refractivity contribution in [1.29, 1.82) is 0 Å². The lowest BCUT2D eigenvalue weighted by atomic mass is 11.5. The second-order valence-corrected chi connectivity index (χ2v) is 0.818. The molecule has 0 saturated carbocycles. The summed E-state index contributed by atoms with van der Waals surface area (Å²) in [4.78, 5) is 8.14. The normalized spacial score (nSPS) is 10.3. The number of rotatable bonds is 3. The summed E-state index contributed by atoms with van der Waals surface area (Å²) in [5, 5.41) is 9.98. The van der Waals surface area contributed by atoms with E-state index in [0.29, 0.717) is 0 Å². The van der Waals surface area contributed by atoms with Gasteiger partial charge in [0.25, 0.3) is 0 Å². The van der Waals surface area contributed by atoms with Crippen molar-refractivity contribution in [3.05, 3.63) is 5.21 Å². The summed E-state index contributed by atoms with van der Waals surface area (Å²) in [6.45, 7) is 0. The third kappa shape index (κ3) is 5.80. The van der Waals surface area contributed by atoms with Crippen LogP contribution < -0.4 is 5.64 Å². The maximum atomic E-state index is 9.75.